The highest BCUT2D eigenvalue weighted by Crippen LogP contribution is 2.31. The molecular formula is C27H31ClFN3O2. The molecule has 180 valence electrons. The molecule has 3 aromatic rings. The molecule has 0 aliphatic heterocycles. The number of carbonyl (C=O) groups excluding carboxylic acids is 1. The Labute approximate surface area is 204 Å². The molecule has 1 saturated carbocycles. The summed E-state index contributed by atoms with van der Waals surface area (Å²) in [5, 5.41) is 0.383. The van der Waals surface area contributed by atoms with E-state index in [0.717, 1.165) is 6.42 Å². The van der Waals surface area contributed by atoms with Crippen molar-refractivity contribution in [2.45, 2.75) is 64.8 Å². The van der Waals surface area contributed by atoms with Crippen molar-refractivity contribution in [1.82, 2.24) is 14.5 Å². The summed E-state index contributed by atoms with van der Waals surface area (Å²) in [6.07, 6.45) is 6.89. The second-order valence-electron chi connectivity index (χ2n) is 9.02. The van der Waals surface area contributed by atoms with Crippen LogP contribution in [0.15, 0.2) is 47.3 Å². The predicted octanol–water partition coefficient (Wildman–Crippen LogP) is 6.45. The number of rotatable bonds is 8. The summed E-state index contributed by atoms with van der Waals surface area (Å²) in [4.78, 5) is 33.7. The van der Waals surface area contributed by atoms with Crippen molar-refractivity contribution >= 4 is 28.4 Å². The van der Waals surface area contributed by atoms with Gasteiger partial charge in [-0.15, -0.1) is 0 Å². The standard InChI is InChI=1S/C27H31ClFN3O2/c1-3-24(31(4-2)25(33)16-13-18-9-5-6-10-18)26-30-23-12-8-7-11-20(23)27(34)32(26)19-14-15-22(29)21(28)17-19/h7-8,11-12,14-15,17-18,24H,3-6,9-10,13,16H2,1-2H3. The highest BCUT2D eigenvalue weighted by atomic mass is 35.5. The maximum Gasteiger partial charge on any atom is 0.266 e. The number of amides is 1. The third-order valence-electron chi connectivity index (χ3n) is 6.93. The summed E-state index contributed by atoms with van der Waals surface area (Å²) in [5.41, 5.74) is 0.730. The van der Waals surface area contributed by atoms with Gasteiger partial charge >= 0.3 is 0 Å². The second-order valence-corrected chi connectivity index (χ2v) is 9.43. The first-order valence-corrected chi connectivity index (χ1v) is 12.6. The lowest BCUT2D eigenvalue weighted by Crippen LogP contribution is -2.38. The summed E-state index contributed by atoms with van der Waals surface area (Å²) >= 11 is 6.07. The first kappa shape index (κ1) is 24.4. The van der Waals surface area contributed by atoms with Gasteiger partial charge in [0.15, 0.2) is 0 Å². The van der Waals surface area contributed by atoms with E-state index in [9.17, 15) is 14.0 Å². The van der Waals surface area contributed by atoms with E-state index in [0.29, 0.717) is 47.7 Å². The van der Waals surface area contributed by atoms with E-state index in [4.69, 9.17) is 16.6 Å². The van der Waals surface area contributed by atoms with Gasteiger partial charge in [0.1, 0.15) is 11.6 Å². The molecule has 4 rings (SSSR count). The molecule has 5 nitrogen and oxygen atoms in total. The number of halogens is 2. The Bertz CT molecular complexity index is 1240. The summed E-state index contributed by atoms with van der Waals surface area (Å²) in [6, 6.07) is 10.9. The summed E-state index contributed by atoms with van der Waals surface area (Å²) in [5.74, 6) is 0.608. The van der Waals surface area contributed by atoms with Gasteiger partial charge in [0.05, 0.1) is 27.7 Å². The van der Waals surface area contributed by atoms with Gasteiger partial charge in [-0.05, 0) is 56.0 Å². The van der Waals surface area contributed by atoms with E-state index in [1.165, 1.54) is 48.4 Å². The fraction of sp³-hybridized carbons (Fsp3) is 0.444. The first-order valence-electron chi connectivity index (χ1n) is 12.2. The Morgan fingerprint density at radius 3 is 2.62 bits per heavy atom. The molecule has 0 saturated heterocycles. The Kier molecular flexibility index (Phi) is 7.67. The van der Waals surface area contributed by atoms with Gasteiger partial charge in [0, 0.05) is 13.0 Å². The van der Waals surface area contributed by atoms with E-state index in [2.05, 4.69) is 0 Å². The van der Waals surface area contributed by atoms with Crippen LogP contribution >= 0.6 is 11.6 Å². The van der Waals surface area contributed by atoms with Crippen molar-refractivity contribution in [2.75, 3.05) is 6.54 Å². The fourth-order valence-electron chi connectivity index (χ4n) is 5.13. The molecule has 0 bridgehead atoms. The molecule has 2 aromatic carbocycles. The number of hydrogen-bond acceptors (Lipinski definition) is 3. The molecule has 0 spiro atoms. The van der Waals surface area contributed by atoms with Crippen molar-refractivity contribution in [2.24, 2.45) is 5.92 Å². The van der Waals surface area contributed by atoms with Crippen LogP contribution in [0.1, 0.15) is 70.7 Å². The van der Waals surface area contributed by atoms with Crippen LogP contribution in [0.25, 0.3) is 16.6 Å². The lowest BCUT2D eigenvalue weighted by atomic mass is 10.0. The molecule has 7 heteroatoms. The quantitative estimate of drug-likeness (QED) is 0.370. The van der Waals surface area contributed by atoms with Gasteiger partial charge in [-0.1, -0.05) is 56.3 Å². The maximum atomic E-state index is 13.9. The van der Waals surface area contributed by atoms with Crippen molar-refractivity contribution in [3.05, 3.63) is 69.5 Å². The molecular weight excluding hydrogens is 453 g/mol. The highest BCUT2D eigenvalue weighted by molar-refractivity contribution is 6.30. The lowest BCUT2D eigenvalue weighted by Gasteiger charge is -2.32. The Balaban J connectivity index is 1.80. The largest absolute Gasteiger partial charge is 0.333 e. The van der Waals surface area contributed by atoms with Crippen LogP contribution in [-0.4, -0.2) is 26.9 Å². The first-order chi connectivity index (χ1) is 16.4. The molecule has 34 heavy (non-hydrogen) atoms. The van der Waals surface area contributed by atoms with E-state index < -0.39 is 11.9 Å². The minimum absolute atomic E-state index is 0.0726. The van der Waals surface area contributed by atoms with Crippen LogP contribution in [0.2, 0.25) is 5.02 Å². The molecule has 1 amide bonds. The van der Waals surface area contributed by atoms with Crippen LogP contribution < -0.4 is 5.56 Å². The minimum Gasteiger partial charge on any atom is -0.333 e. The Morgan fingerprint density at radius 1 is 1.21 bits per heavy atom. The fourth-order valence-corrected chi connectivity index (χ4v) is 5.30. The third kappa shape index (κ3) is 4.88. The smallest absolute Gasteiger partial charge is 0.266 e. The lowest BCUT2D eigenvalue weighted by molar-refractivity contribution is -0.134. The predicted molar refractivity (Wildman–Crippen MR) is 134 cm³/mol. The molecule has 1 heterocycles. The summed E-state index contributed by atoms with van der Waals surface area (Å²) < 4.78 is 15.4. The zero-order chi connectivity index (χ0) is 24.2. The zero-order valence-corrected chi connectivity index (χ0v) is 20.5. The Hall–Kier alpha value is -2.73. The second kappa shape index (κ2) is 10.7. The van der Waals surface area contributed by atoms with Crippen molar-refractivity contribution in [1.29, 1.82) is 0 Å². The molecule has 1 aromatic heterocycles. The van der Waals surface area contributed by atoms with Crippen LogP contribution in [-0.2, 0) is 4.79 Å². The van der Waals surface area contributed by atoms with Gasteiger partial charge in [0.2, 0.25) is 5.91 Å². The van der Waals surface area contributed by atoms with Gasteiger partial charge < -0.3 is 4.90 Å². The van der Waals surface area contributed by atoms with Crippen molar-refractivity contribution in [3.63, 3.8) is 0 Å². The van der Waals surface area contributed by atoms with Crippen molar-refractivity contribution in [3.8, 4) is 5.69 Å². The number of carbonyl (C=O) groups is 1. The number of aromatic nitrogens is 2. The number of nitrogens with zero attached hydrogens (tertiary/aromatic N) is 3. The SMILES string of the molecule is CCC(c1nc2ccccc2c(=O)n1-c1ccc(F)c(Cl)c1)N(CC)C(=O)CCC1CCCC1. The highest BCUT2D eigenvalue weighted by Gasteiger charge is 2.29. The molecule has 1 aliphatic rings. The van der Waals surface area contributed by atoms with Crippen LogP contribution in [0.4, 0.5) is 4.39 Å². The van der Waals surface area contributed by atoms with Gasteiger partial charge in [-0.3, -0.25) is 14.2 Å². The molecule has 1 aliphatic carbocycles. The minimum atomic E-state index is -0.557. The number of fused-ring (bicyclic) bond motifs is 1. The normalized spacial score (nSPS) is 15.1. The number of para-hydroxylation sites is 1. The number of hydrogen-bond donors (Lipinski definition) is 0. The maximum absolute atomic E-state index is 13.9. The van der Waals surface area contributed by atoms with Crippen LogP contribution in [0, 0.1) is 11.7 Å². The van der Waals surface area contributed by atoms with Crippen LogP contribution in [0.3, 0.4) is 0 Å². The van der Waals surface area contributed by atoms with Gasteiger partial charge in [0.25, 0.3) is 5.56 Å². The monoisotopic (exact) mass is 483 g/mol. The molecule has 1 unspecified atom stereocenters. The molecule has 0 radical (unpaired) electrons. The van der Waals surface area contributed by atoms with E-state index in [1.54, 1.807) is 18.2 Å². The topological polar surface area (TPSA) is 55.2 Å². The zero-order valence-electron chi connectivity index (χ0n) is 19.8. The third-order valence-corrected chi connectivity index (χ3v) is 7.22. The summed E-state index contributed by atoms with van der Waals surface area (Å²) in [6.45, 7) is 4.45. The molecule has 1 atom stereocenters. The van der Waals surface area contributed by atoms with Gasteiger partial charge in [-0.25, -0.2) is 9.37 Å². The Morgan fingerprint density at radius 2 is 1.94 bits per heavy atom. The van der Waals surface area contributed by atoms with Crippen LogP contribution in [0.5, 0.6) is 0 Å². The molecule has 1 fully saturated rings. The van der Waals surface area contributed by atoms with E-state index >= 15 is 0 Å². The van der Waals surface area contributed by atoms with Gasteiger partial charge in [-0.2, -0.15) is 0 Å². The summed E-state index contributed by atoms with van der Waals surface area (Å²) in [7, 11) is 0. The average molecular weight is 484 g/mol. The molecule has 0 N–H and O–H groups in total. The number of benzene rings is 2. The van der Waals surface area contributed by atoms with Crippen molar-refractivity contribution < 1.29 is 9.18 Å². The van der Waals surface area contributed by atoms with E-state index in [1.807, 2.05) is 24.8 Å². The average Bonchev–Trinajstić information content (AvgIpc) is 3.36. The van der Waals surface area contributed by atoms with E-state index in [-0.39, 0.29) is 16.5 Å².